The first-order chi connectivity index (χ1) is 8.93. The summed E-state index contributed by atoms with van der Waals surface area (Å²) in [4.78, 5) is 0. The van der Waals surface area contributed by atoms with Crippen molar-refractivity contribution >= 4 is 16.6 Å². The number of rotatable bonds is 3. The first-order valence-corrected chi connectivity index (χ1v) is 7.09. The van der Waals surface area contributed by atoms with Gasteiger partial charge >= 0.3 is 0 Å². The molecule has 18 heavy (non-hydrogen) atoms. The lowest BCUT2D eigenvalue weighted by Gasteiger charge is -2.16. The monoisotopic (exact) mass is 243 g/mol. The van der Waals surface area contributed by atoms with E-state index < -0.39 is 0 Å². The Bertz CT molecular complexity index is 495. The number of H-pyrrole nitrogens is 1. The molecule has 0 atom stereocenters. The van der Waals surface area contributed by atoms with Crippen LogP contribution in [0.5, 0.6) is 0 Å². The van der Waals surface area contributed by atoms with E-state index in [4.69, 9.17) is 0 Å². The van der Waals surface area contributed by atoms with E-state index in [0.29, 0.717) is 0 Å². The van der Waals surface area contributed by atoms with Crippen molar-refractivity contribution in [3.05, 3.63) is 24.4 Å². The van der Waals surface area contributed by atoms with Crippen LogP contribution in [0.2, 0.25) is 0 Å². The predicted molar refractivity (Wildman–Crippen MR) is 75.8 cm³/mol. The van der Waals surface area contributed by atoms with Gasteiger partial charge in [-0.3, -0.25) is 5.10 Å². The van der Waals surface area contributed by atoms with E-state index in [1.54, 1.807) is 0 Å². The summed E-state index contributed by atoms with van der Waals surface area (Å²) in [6.07, 6.45) is 10.3. The van der Waals surface area contributed by atoms with Crippen molar-refractivity contribution in [2.75, 3.05) is 11.9 Å². The van der Waals surface area contributed by atoms with Gasteiger partial charge in [0.2, 0.25) is 0 Å². The van der Waals surface area contributed by atoms with E-state index >= 15 is 0 Å². The molecule has 1 heterocycles. The topological polar surface area (TPSA) is 40.7 Å². The van der Waals surface area contributed by atoms with Gasteiger partial charge in [-0.15, -0.1) is 0 Å². The summed E-state index contributed by atoms with van der Waals surface area (Å²) in [6.45, 7) is 1.10. The average Bonchev–Trinajstić information content (AvgIpc) is 2.73. The number of benzene rings is 1. The van der Waals surface area contributed by atoms with E-state index in [1.807, 2.05) is 6.20 Å². The van der Waals surface area contributed by atoms with Crippen molar-refractivity contribution in [2.45, 2.75) is 38.5 Å². The van der Waals surface area contributed by atoms with Crippen LogP contribution in [-0.4, -0.2) is 16.7 Å². The third kappa shape index (κ3) is 2.50. The first kappa shape index (κ1) is 11.6. The number of aromatic nitrogens is 2. The fraction of sp³-hybridized carbons (Fsp3) is 0.533. The molecular weight excluding hydrogens is 222 g/mol. The molecule has 1 fully saturated rings. The second kappa shape index (κ2) is 5.42. The molecule has 0 bridgehead atoms. The van der Waals surface area contributed by atoms with E-state index in [1.165, 1.54) is 49.6 Å². The summed E-state index contributed by atoms with van der Waals surface area (Å²) in [5.74, 6) is 0.842. The molecular formula is C15H21N3. The summed E-state index contributed by atoms with van der Waals surface area (Å²) >= 11 is 0. The van der Waals surface area contributed by atoms with Crippen LogP contribution < -0.4 is 5.32 Å². The number of fused-ring (bicyclic) bond motifs is 1. The number of nitrogens with one attached hydrogen (secondary N) is 2. The maximum Gasteiger partial charge on any atom is 0.0671 e. The van der Waals surface area contributed by atoms with E-state index in [0.717, 1.165) is 18.0 Å². The molecule has 0 amide bonds. The minimum absolute atomic E-state index is 0.842. The van der Waals surface area contributed by atoms with Gasteiger partial charge in [0, 0.05) is 17.6 Å². The number of anilines is 1. The minimum atomic E-state index is 0.842. The maximum absolute atomic E-state index is 4.11. The van der Waals surface area contributed by atoms with Crippen LogP contribution in [0.3, 0.4) is 0 Å². The SMILES string of the molecule is c1cc(NCC2CCCCCC2)c2cn[nH]c2c1. The minimum Gasteiger partial charge on any atom is -0.384 e. The average molecular weight is 243 g/mol. The molecule has 96 valence electrons. The fourth-order valence-electron chi connectivity index (χ4n) is 2.94. The van der Waals surface area contributed by atoms with Crippen LogP contribution in [0.25, 0.3) is 10.9 Å². The second-order valence-corrected chi connectivity index (χ2v) is 5.38. The molecule has 1 aliphatic carbocycles. The summed E-state index contributed by atoms with van der Waals surface area (Å²) in [5, 5.41) is 11.9. The van der Waals surface area contributed by atoms with Crippen molar-refractivity contribution < 1.29 is 0 Å². The van der Waals surface area contributed by atoms with Gasteiger partial charge in [-0.05, 0) is 30.9 Å². The van der Waals surface area contributed by atoms with Crippen LogP contribution in [0, 0.1) is 5.92 Å². The standard InChI is InChI=1S/C15H21N3/c1-2-4-7-12(6-3-1)10-16-14-8-5-9-15-13(14)11-17-18-15/h5,8-9,11-12,16H,1-4,6-7,10H2,(H,17,18). The van der Waals surface area contributed by atoms with Gasteiger partial charge in [0.15, 0.2) is 0 Å². The largest absolute Gasteiger partial charge is 0.384 e. The first-order valence-electron chi connectivity index (χ1n) is 7.09. The maximum atomic E-state index is 4.11. The zero-order chi connectivity index (χ0) is 12.2. The van der Waals surface area contributed by atoms with Gasteiger partial charge in [0.1, 0.15) is 0 Å². The Morgan fingerprint density at radius 2 is 2.00 bits per heavy atom. The van der Waals surface area contributed by atoms with Gasteiger partial charge < -0.3 is 5.32 Å². The third-order valence-corrected chi connectivity index (χ3v) is 4.04. The lowest BCUT2D eigenvalue weighted by Crippen LogP contribution is -2.13. The van der Waals surface area contributed by atoms with Crippen molar-refractivity contribution in [2.24, 2.45) is 5.92 Å². The summed E-state index contributed by atoms with van der Waals surface area (Å²) < 4.78 is 0. The highest BCUT2D eigenvalue weighted by molar-refractivity contribution is 5.90. The molecule has 1 saturated carbocycles. The summed E-state index contributed by atoms with van der Waals surface area (Å²) in [7, 11) is 0. The summed E-state index contributed by atoms with van der Waals surface area (Å²) in [6, 6.07) is 6.30. The van der Waals surface area contributed by atoms with E-state index in [-0.39, 0.29) is 0 Å². The van der Waals surface area contributed by atoms with Crippen molar-refractivity contribution in [3.8, 4) is 0 Å². The van der Waals surface area contributed by atoms with Gasteiger partial charge in [-0.2, -0.15) is 5.10 Å². The molecule has 3 nitrogen and oxygen atoms in total. The quantitative estimate of drug-likeness (QED) is 0.801. The summed E-state index contributed by atoms with van der Waals surface area (Å²) in [5.41, 5.74) is 2.33. The van der Waals surface area contributed by atoms with Gasteiger partial charge in [0.25, 0.3) is 0 Å². The lowest BCUT2D eigenvalue weighted by atomic mass is 10.0. The Morgan fingerprint density at radius 1 is 1.17 bits per heavy atom. The molecule has 0 aliphatic heterocycles. The number of hydrogen-bond donors (Lipinski definition) is 2. The predicted octanol–water partition coefficient (Wildman–Crippen LogP) is 3.95. The molecule has 1 aromatic carbocycles. The second-order valence-electron chi connectivity index (χ2n) is 5.38. The van der Waals surface area contributed by atoms with Gasteiger partial charge in [-0.25, -0.2) is 0 Å². The van der Waals surface area contributed by atoms with Crippen molar-refractivity contribution in [1.82, 2.24) is 10.2 Å². The Morgan fingerprint density at radius 3 is 2.83 bits per heavy atom. The van der Waals surface area contributed by atoms with Crippen LogP contribution in [0.1, 0.15) is 38.5 Å². The molecule has 1 aliphatic rings. The van der Waals surface area contributed by atoms with E-state index in [2.05, 4.69) is 33.7 Å². The zero-order valence-electron chi connectivity index (χ0n) is 10.8. The Balaban J connectivity index is 1.67. The highest BCUT2D eigenvalue weighted by Crippen LogP contribution is 2.25. The molecule has 0 spiro atoms. The number of aromatic amines is 1. The highest BCUT2D eigenvalue weighted by atomic mass is 15.1. The van der Waals surface area contributed by atoms with Crippen LogP contribution in [-0.2, 0) is 0 Å². The molecule has 3 rings (SSSR count). The van der Waals surface area contributed by atoms with Crippen LogP contribution in [0.4, 0.5) is 5.69 Å². The van der Waals surface area contributed by atoms with Crippen molar-refractivity contribution in [1.29, 1.82) is 0 Å². The number of hydrogen-bond acceptors (Lipinski definition) is 2. The number of nitrogens with zero attached hydrogens (tertiary/aromatic N) is 1. The normalized spacial score (nSPS) is 17.8. The third-order valence-electron chi connectivity index (χ3n) is 4.04. The smallest absolute Gasteiger partial charge is 0.0671 e. The van der Waals surface area contributed by atoms with Gasteiger partial charge in [-0.1, -0.05) is 31.7 Å². The highest BCUT2D eigenvalue weighted by Gasteiger charge is 2.12. The van der Waals surface area contributed by atoms with Crippen LogP contribution >= 0.6 is 0 Å². The van der Waals surface area contributed by atoms with Crippen LogP contribution in [0.15, 0.2) is 24.4 Å². The molecule has 0 saturated heterocycles. The van der Waals surface area contributed by atoms with Gasteiger partial charge in [0.05, 0.1) is 11.7 Å². The molecule has 2 aromatic rings. The molecule has 0 radical (unpaired) electrons. The fourth-order valence-corrected chi connectivity index (χ4v) is 2.94. The Hall–Kier alpha value is -1.51. The Kier molecular flexibility index (Phi) is 3.49. The lowest BCUT2D eigenvalue weighted by molar-refractivity contribution is 0.483. The van der Waals surface area contributed by atoms with E-state index in [9.17, 15) is 0 Å². The zero-order valence-corrected chi connectivity index (χ0v) is 10.8. The molecule has 1 aromatic heterocycles. The molecule has 3 heteroatoms. The molecule has 0 unspecified atom stereocenters. The molecule has 2 N–H and O–H groups in total. The van der Waals surface area contributed by atoms with Crippen molar-refractivity contribution in [3.63, 3.8) is 0 Å². The Labute approximate surface area is 108 Å².